The van der Waals surface area contributed by atoms with Crippen LogP contribution in [0.3, 0.4) is 0 Å². The topological polar surface area (TPSA) is 63.7 Å². The average Bonchev–Trinajstić information content (AvgIpc) is 2.28. The van der Waals surface area contributed by atoms with Crippen LogP contribution in [0.4, 0.5) is 13.2 Å². The lowest BCUT2D eigenvalue weighted by Crippen LogP contribution is -2.46. The molecule has 1 rings (SSSR count). The van der Waals surface area contributed by atoms with Crippen molar-refractivity contribution in [2.45, 2.75) is 24.5 Å². The van der Waals surface area contributed by atoms with Gasteiger partial charge >= 0.3 is 21.5 Å². The number of alkyl halides is 3. The number of ether oxygens (including phenoxy) is 1. The van der Waals surface area contributed by atoms with E-state index in [2.05, 4.69) is 6.58 Å². The first-order valence-electron chi connectivity index (χ1n) is 5.17. The van der Waals surface area contributed by atoms with Gasteiger partial charge in [-0.2, -0.15) is 17.5 Å². The maximum absolute atomic E-state index is 12.3. The summed E-state index contributed by atoms with van der Waals surface area (Å²) in [6, 6.07) is 0. The molecule has 1 fully saturated rings. The third-order valence-electron chi connectivity index (χ3n) is 2.53. The fourth-order valence-electron chi connectivity index (χ4n) is 1.55. The summed E-state index contributed by atoms with van der Waals surface area (Å²) in [4.78, 5) is 11.2. The standard InChI is InChI=1S/C9H11F3INO4S/c1-6(13)8(15)18-7-2-4-14(5-3-7)19(16,17)9(10,11)12/h7H,1-5H2. The van der Waals surface area contributed by atoms with E-state index in [4.69, 9.17) is 4.74 Å². The van der Waals surface area contributed by atoms with Gasteiger partial charge in [0.25, 0.3) is 0 Å². The Morgan fingerprint density at radius 3 is 2.16 bits per heavy atom. The molecule has 5 nitrogen and oxygen atoms in total. The van der Waals surface area contributed by atoms with Crippen molar-refractivity contribution in [1.82, 2.24) is 4.31 Å². The number of nitrogens with zero attached hydrogens (tertiary/aromatic N) is 1. The molecule has 1 aliphatic heterocycles. The van der Waals surface area contributed by atoms with Crippen LogP contribution in [-0.4, -0.2) is 43.4 Å². The molecule has 0 atom stereocenters. The lowest BCUT2D eigenvalue weighted by atomic mass is 10.1. The molecule has 0 saturated carbocycles. The second-order valence-electron chi connectivity index (χ2n) is 3.86. The first-order chi connectivity index (χ1) is 8.55. The van der Waals surface area contributed by atoms with Crippen LogP contribution < -0.4 is 0 Å². The fraction of sp³-hybridized carbons (Fsp3) is 0.667. The van der Waals surface area contributed by atoms with E-state index >= 15 is 0 Å². The van der Waals surface area contributed by atoms with Crippen LogP contribution in [-0.2, 0) is 19.6 Å². The Morgan fingerprint density at radius 1 is 1.32 bits per heavy atom. The molecule has 0 spiro atoms. The second-order valence-corrected chi connectivity index (χ2v) is 7.09. The van der Waals surface area contributed by atoms with Crippen molar-refractivity contribution in [3.8, 4) is 0 Å². The monoisotopic (exact) mass is 413 g/mol. The minimum Gasteiger partial charge on any atom is -0.458 e. The molecule has 10 heteroatoms. The molecular weight excluding hydrogens is 402 g/mol. The molecule has 0 aromatic carbocycles. The van der Waals surface area contributed by atoms with Gasteiger partial charge in [0, 0.05) is 13.1 Å². The van der Waals surface area contributed by atoms with E-state index in [1.807, 2.05) is 0 Å². The lowest BCUT2D eigenvalue weighted by Gasteiger charge is -2.31. The van der Waals surface area contributed by atoms with Gasteiger partial charge in [0.05, 0.1) is 3.58 Å². The first kappa shape index (κ1) is 16.7. The molecule has 0 bridgehead atoms. The molecule has 0 radical (unpaired) electrons. The van der Waals surface area contributed by atoms with Crippen molar-refractivity contribution >= 4 is 38.6 Å². The van der Waals surface area contributed by atoms with Gasteiger partial charge in [-0.15, -0.1) is 0 Å². The number of hydrogen-bond donors (Lipinski definition) is 0. The zero-order chi connectivity index (χ0) is 14.8. The summed E-state index contributed by atoms with van der Waals surface area (Å²) in [7, 11) is -5.29. The van der Waals surface area contributed by atoms with Crippen LogP contribution in [0.25, 0.3) is 0 Å². The second kappa shape index (κ2) is 5.95. The van der Waals surface area contributed by atoms with Gasteiger partial charge in [-0.05, 0) is 35.4 Å². The Kier molecular flexibility index (Phi) is 5.23. The zero-order valence-electron chi connectivity index (χ0n) is 9.61. The Hall–Kier alpha value is -0.360. The van der Waals surface area contributed by atoms with E-state index in [0.717, 1.165) is 0 Å². The lowest BCUT2D eigenvalue weighted by molar-refractivity contribution is -0.144. The highest BCUT2D eigenvalue weighted by Gasteiger charge is 2.50. The Morgan fingerprint density at radius 2 is 1.79 bits per heavy atom. The SMILES string of the molecule is C=C(I)C(=O)OC1CCN(S(=O)(=O)C(F)(F)F)CC1. The van der Waals surface area contributed by atoms with Crippen LogP contribution in [0, 0.1) is 0 Å². The molecule has 0 aromatic heterocycles. The zero-order valence-corrected chi connectivity index (χ0v) is 12.6. The Bertz CT molecular complexity index is 468. The Balaban J connectivity index is 2.59. The third-order valence-corrected chi connectivity index (χ3v) is 4.60. The van der Waals surface area contributed by atoms with E-state index in [-0.39, 0.29) is 29.5 Å². The van der Waals surface area contributed by atoms with Crippen molar-refractivity contribution in [1.29, 1.82) is 0 Å². The summed E-state index contributed by atoms with van der Waals surface area (Å²) in [6.45, 7) is 2.71. The van der Waals surface area contributed by atoms with E-state index in [9.17, 15) is 26.4 Å². The third kappa shape index (κ3) is 4.05. The molecule has 0 unspecified atom stereocenters. The maximum atomic E-state index is 12.3. The van der Waals surface area contributed by atoms with Crippen molar-refractivity contribution in [2.24, 2.45) is 0 Å². The van der Waals surface area contributed by atoms with Gasteiger partial charge in [0.15, 0.2) is 0 Å². The molecule has 110 valence electrons. The maximum Gasteiger partial charge on any atom is 0.511 e. The summed E-state index contributed by atoms with van der Waals surface area (Å²) in [5.74, 6) is -0.641. The van der Waals surface area contributed by atoms with Crippen molar-refractivity contribution in [3.05, 3.63) is 10.2 Å². The Labute approximate surface area is 122 Å². The van der Waals surface area contributed by atoms with Gasteiger partial charge in [0.2, 0.25) is 0 Å². The highest BCUT2D eigenvalue weighted by molar-refractivity contribution is 14.1. The van der Waals surface area contributed by atoms with E-state index in [1.54, 1.807) is 22.6 Å². The summed E-state index contributed by atoms with van der Waals surface area (Å²) >= 11 is 1.67. The number of carbonyl (C=O) groups is 1. The van der Waals surface area contributed by atoms with Gasteiger partial charge in [-0.25, -0.2) is 13.2 Å². The molecule has 1 aliphatic rings. The van der Waals surface area contributed by atoms with Crippen molar-refractivity contribution in [3.63, 3.8) is 0 Å². The van der Waals surface area contributed by atoms with Crippen LogP contribution in [0.15, 0.2) is 10.2 Å². The van der Waals surface area contributed by atoms with Gasteiger partial charge < -0.3 is 4.74 Å². The van der Waals surface area contributed by atoms with E-state index in [0.29, 0.717) is 4.31 Å². The van der Waals surface area contributed by atoms with Crippen LogP contribution in [0.1, 0.15) is 12.8 Å². The summed E-state index contributed by atoms with van der Waals surface area (Å²) in [5.41, 5.74) is -5.30. The van der Waals surface area contributed by atoms with E-state index < -0.39 is 27.6 Å². The number of sulfonamides is 1. The largest absolute Gasteiger partial charge is 0.511 e. The number of rotatable bonds is 3. The predicted octanol–water partition coefficient (Wildman–Crippen LogP) is 1.79. The number of piperidine rings is 1. The predicted molar refractivity (Wildman–Crippen MR) is 68.8 cm³/mol. The molecule has 1 heterocycles. The summed E-state index contributed by atoms with van der Waals surface area (Å²) < 4.78 is 64.6. The number of carbonyl (C=O) groups excluding carboxylic acids is 1. The van der Waals surface area contributed by atoms with Crippen molar-refractivity contribution < 1.29 is 31.1 Å². The number of halogens is 4. The van der Waals surface area contributed by atoms with Crippen LogP contribution in [0.5, 0.6) is 0 Å². The molecule has 0 N–H and O–H groups in total. The highest BCUT2D eigenvalue weighted by Crippen LogP contribution is 2.29. The first-order valence-corrected chi connectivity index (χ1v) is 7.69. The number of hydrogen-bond acceptors (Lipinski definition) is 4. The molecule has 1 saturated heterocycles. The molecule has 19 heavy (non-hydrogen) atoms. The smallest absolute Gasteiger partial charge is 0.458 e. The minimum absolute atomic E-state index is 0.0327. The molecule has 0 aromatic rings. The van der Waals surface area contributed by atoms with Gasteiger partial charge in [0.1, 0.15) is 6.10 Å². The van der Waals surface area contributed by atoms with Gasteiger partial charge in [-0.1, -0.05) is 6.58 Å². The van der Waals surface area contributed by atoms with Crippen LogP contribution >= 0.6 is 22.6 Å². The van der Waals surface area contributed by atoms with E-state index in [1.165, 1.54) is 0 Å². The minimum atomic E-state index is -5.30. The number of esters is 1. The molecule has 0 aliphatic carbocycles. The summed E-state index contributed by atoms with van der Waals surface area (Å²) in [5, 5.41) is 0. The normalized spacial score (nSPS) is 19.2. The average molecular weight is 413 g/mol. The quantitative estimate of drug-likeness (QED) is 0.402. The fourth-order valence-corrected chi connectivity index (χ4v) is 2.66. The molecular formula is C9H11F3INO4S. The van der Waals surface area contributed by atoms with Gasteiger partial charge in [-0.3, -0.25) is 0 Å². The van der Waals surface area contributed by atoms with Crippen molar-refractivity contribution in [2.75, 3.05) is 13.1 Å². The molecule has 0 amide bonds. The highest BCUT2D eigenvalue weighted by atomic mass is 127. The van der Waals surface area contributed by atoms with Crippen LogP contribution in [0.2, 0.25) is 0 Å². The summed E-state index contributed by atoms with van der Waals surface area (Å²) in [6.07, 6.45) is -0.519.